The van der Waals surface area contributed by atoms with Crippen LogP contribution in [-0.4, -0.2) is 66.1 Å². The van der Waals surface area contributed by atoms with Crippen LogP contribution in [0.2, 0.25) is 0 Å². The summed E-state index contributed by atoms with van der Waals surface area (Å²) in [5.74, 6) is -1.15. The van der Waals surface area contributed by atoms with E-state index in [-0.39, 0.29) is 12.8 Å². The number of esters is 2. The molecule has 0 radical (unpaired) electrons. The third-order valence-corrected chi connectivity index (χ3v) is 5.03. The van der Waals surface area contributed by atoms with Crippen LogP contribution in [0, 0.1) is 0 Å². The average molecular weight is 346 g/mol. The minimum absolute atomic E-state index is 0.0289. The number of thioether (sulfide) groups is 1. The molecule has 0 spiro atoms. The Morgan fingerprint density at radius 1 is 1.35 bits per heavy atom. The number of nitrogens with zero attached hydrogens (tertiary/aromatic N) is 1. The van der Waals surface area contributed by atoms with Gasteiger partial charge in [-0.3, -0.25) is 14.4 Å². The molecule has 2 amide bonds. The molecule has 9 heteroatoms. The second-order valence-electron chi connectivity index (χ2n) is 5.49. The van der Waals surface area contributed by atoms with Gasteiger partial charge in [-0.25, -0.2) is 4.79 Å². The van der Waals surface area contributed by atoms with Gasteiger partial charge in [0, 0.05) is 12.2 Å². The Labute approximate surface area is 139 Å². The zero-order valence-corrected chi connectivity index (χ0v) is 14.5. The maximum absolute atomic E-state index is 12.4. The Hall–Kier alpha value is -1.77. The third kappa shape index (κ3) is 4.85. The summed E-state index contributed by atoms with van der Waals surface area (Å²) >= 11 is 1.48. The van der Waals surface area contributed by atoms with Gasteiger partial charge in [-0.1, -0.05) is 0 Å². The molecule has 1 aliphatic heterocycles. The molecule has 0 bridgehead atoms. The predicted molar refractivity (Wildman–Crippen MR) is 83.4 cm³/mol. The Morgan fingerprint density at radius 2 is 2.00 bits per heavy atom. The number of methoxy groups -OCH3 is 2. The second-order valence-corrected chi connectivity index (χ2v) is 7.11. The molecule has 130 valence electrons. The normalized spacial score (nSPS) is 20.5. The highest BCUT2D eigenvalue weighted by Gasteiger charge is 2.43. The van der Waals surface area contributed by atoms with Gasteiger partial charge in [-0.05, 0) is 20.3 Å². The van der Waals surface area contributed by atoms with Crippen molar-refractivity contribution in [2.45, 2.75) is 43.6 Å². The van der Waals surface area contributed by atoms with Crippen molar-refractivity contribution < 1.29 is 28.7 Å². The number of ether oxygens (including phenoxy) is 2. The topological polar surface area (TPSA) is 102 Å². The molecule has 1 saturated heterocycles. The van der Waals surface area contributed by atoms with Gasteiger partial charge >= 0.3 is 11.9 Å². The highest BCUT2D eigenvalue weighted by molar-refractivity contribution is 8.00. The summed E-state index contributed by atoms with van der Waals surface area (Å²) < 4.78 is 9.16. The molecule has 1 fully saturated rings. The van der Waals surface area contributed by atoms with E-state index in [9.17, 15) is 19.2 Å². The van der Waals surface area contributed by atoms with Gasteiger partial charge in [0.1, 0.15) is 12.1 Å². The smallest absolute Gasteiger partial charge is 0.328 e. The van der Waals surface area contributed by atoms with E-state index in [0.29, 0.717) is 12.2 Å². The Bertz CT molecular complexity index is 482. The average Bonchev–Trinajstić information content (AvgIpc) is 2.84. The van der Waals surface area contributed by atoms with Crippen molar-refractivity contribution >= 4 is 36.0 Å². The SMILES string of the molecule is COC(=O)CCC(NC(=O)C1CSC(C)(C)N1C=O)C(=O)OC. The first kappa shape index (κ1) is 19.3. The molecule has 0 aromatic carbocycles. The summed E-state index contributed by atoms with van der Waals surface area (Å²) in [5, 5.41) is 2.56. The van der Waals surface area contributed by atoms with Gasteiger partial charge in [0.2, 0.25) is 12.3 Å². The zero-order valence-electron chi connectivity index (χ0n) is 13.7. The largest absolute Gasteiger partial charge is 0.469 e. The fraction of sp³-hybridized carbons (Fsp3) is 0.714. The number of hydrogen-bond acceptors (Lipinski definition) is 7. The van der Waals surface area contributed by atoms with Crippen LogP contribution in [0.1, 0.15) is 26.7 Å². The van der Waals surface area contributed by atoms with E-state index in [1.807, 2.05) is 13.8 Å². The summed E-state index contributed by atoms with van der Waals surface area (Å²) in [6, 6.07) is -1.63. The quantitative estimate of drug-likeness (QED) is 0.507. The molecule has 2 unspecified atom stereocenters. The molecule has 1 rings (SSSR count). The van der Waals surface area contributed by atoms with Gasteiger partial charge < -0.3 is 19.7 Å². The van der Waals surface area contributed by atoms with Crippen LogP contribution in [0.25, 0.3) is 0 Å². The minimum atomic E-state index is -0.964. The molecule has 1 N–H and O–H groups in total. The molecule has 0 aromatic rings. The van der Waals surface area contributed by atoms with Crippen LogP contribution in [-0.2, 0) is 28.7 Å². The van der Waals surface area contributed by atoms with E-state index in [1.54, 1.807) is 0 Å². The molecule has 8 nitrogen and oxygen atoms in total. The summed E-state index contributed by atoms with van der Waals surface area (Å²) in [6.07, 6.45) is 0.667. The lowest BCUT2D eigenvalue weighted by Gasteiger charge is -2.30. The van der Waals surface area contributed by atoms with Crippen molar-refractivity contribution in [3.8, 4) is 0 Å². The molecule has 2 atom stereocenters. The van der Waals surface area contributed by atoms with Crippen molar-refractivity contribution in [1.29, 1.82) is 0 Å². The molecule has 1 aliphatic rings. The Morgan fingerprint density at radius 3 is 2.52 bits per heavy atom. The monoisotopic (exact) mass is 346 g/mol. The van der Waals surface area contributed by atoms with Gasteiger partial charge in [0.25, 0.3) is 0 Å². The van der Waals surface area contributed by atoms with Crippen LogP contribution in [0.15, 0.2) is 0 Å². The van der Waals surface area contributed by atoms with E-state index in [1.165, 1.54) is 30.9 Å². The zero-order chi connectivity index (χ0) is 17.6. The van der Waals surface area contributed by atoms with E-state index < -0.39 is 34.8 Å². The lowest BCUT2D eigenvalue weighted by atomic mass is 10.1. The molecule has 23 heavy (non-hydrogen) atoms. The number of nitrogens with one attached hydrogen (secondary N) is 1. The highest BCUT2D eigenvalue weighted by Crippen LogP contribution is 2.37. The molecule has 0 aromatic heterocycles. The van der Waals surface area contributed by atoms with E-state index in [0.717, 1.165) is 0 Å². The van der Waals surface area contributed by atoms with Gasteiger partial charge in [0.05, 0.1) is 19.1 Å². The van der Waals surface area contributed by atoms with Crippen molar-refractivity contribution in [3.63, 3.8) is 0 Å². The van der Waals surface area contributed by atoms with Crippen LogP contribution < -0.4 is 5.32 Å². The lowest BCUT2D eigenvalue weighted by Crippen LogP contribution is -2.53. The van der Waals surface area contributed by atoms with Crippen molar-refractivity contribution in [2.75, 3.05) is 20.0 Å². The molecule has 0 aliphatic carbocycles. The van der Waals surface area contributed by atoms with Crippen molar-refractivity contribution in [2.24, 2.45) is 0 Å². The lowest BCUT2D eigenvalue weighted by molar-refractivity contribution is -0.147. The summed E-state index contributed by atoms with van der Waals surface area (Å²) in [7, 11) is 2.44. The molecular weight excluding hydrogens is 324 g/mol. The summed E-state index contributed by atoms with van der Waals surface area (Å²) in [4.78, 5) is 47.5. The van der Waals surface area contributed by atoms with Gasteiger partial charge in [-0.15, -0.1) is 11.8 Å². The van der Waals surface area contributed by atoms with E-state index in [2.05, 4.69) is 14.8 Å². The summed E-state index contributed by atoms with van der Waals surface area (Å²) in [5.41, 5.74) is 0. The van der Waals surface area contributed by atoms with Gasteiger partial charge in [0.15, 0.2) is 0 Å². The maximum Gasteiger partial charge on any atom is 0.328 e. The third-order valence-electron chi connectivity index (χ3n) is 3.64. The first-order valence-corrected chi connectivity index (χ1v) is 8.08. The predicted octanol–water partition coefficient (Wildman–Crippen LogP) is -0.0927. The fourth-order valence-corrected chi connectivity index (χ4v) is 3.44. The van der Waals surface area contributed by atoms with Crippen LogP contribution >= 0.6 is 11.8 Å². The first-order valence-electron chi connectivity index (χ1n) is 7.09. The number of amides is 2. The Kier molecular flexibility index (Phi) is 6.86. The van der Waals surface area contributed by atoms with Crippen molar-refractivity contribution in [3.05, 3.63) is 0 Å². The Balaban J connectivity index is 2.75. The molecular formula is C14H22N2O6S. The second kappa shape index (κ2) is 8.19. The first-order chi connectivity index (χ1) is 10.8. The van der Waals surface area contributed by atoms with Crippen LogP contribution in [0.5, 0.6) is 0 Å². The minimum Gasteiger partial charge on any atom is -0.469 e. The van der Waals surface area contributed by atoms with E-state index >= 15 is 0 Å². The van der Waals surface area contributed by atoms with Gasteiger partial charge in [-0.2, -0.15) is 0 Å². The highest BCUT2D eigenvalue weighted by atomic mass is 32.2. The van der Waals surface area contributed by atoms with Crippen LogP contribution in [0.3, 0.4) is 0 Å². The number of carbonyl (C=O) groups excluding carboxylic acids is 4. The summed E-state index contributed by atoms with van der Waals surface area (Å²) in [6.45, 7) is 3.68. The van der Waals surface area contributed by atoms with Crippen molar-refractivity contribution in [1.82, 2.24) is 10.2 Å². The fourth-order valence-electron chi connectivity index (χ4n) is 2.24. The number of hydrogen-bond donors (Lipinski definition) is 1. The van der Waals surface area contributed by atoms with Crippen LogP contribution in [0.4, 0.5) is 0 Å². The number of carbonyl (C=O) groups is 4. The number of rotatable bonds is 7. The molecule has 1 heterocycles. The maximum atomic E-state index is 12.4. The standard InChI is InChI=1S/C14H22N2O6S/c1-14(2)16(8-17)10(7-23-14)12(19)15-9(13(20)22-4)5-6-11(18)21-3/h8-10H,5-7H2,1-4H3,(H,15,19). The molecule has 0 saturated carbocycles. The van der Waals surface area contributed by atoms with E-state index in [4.69, 9.17) is 0 Å².